The Kier molecular flexibility index (Phi) is 3.96. The van der Waals surface area contributed by atoms with Crippen LogP contribution in [0.2, 0.25) is 5.02 Å². The number of hydrogen-bond acceptors (Lipinski definition) is 2. The van der Waals surface area contributed by atoms with E-state index in [0.29, 0.717) is 16.1 Å². The molecule has 0 bridgehead atoms. The highest BCUT2D eigenvalue weighted by atomic mass is 35.5. The van der Waals surface area contributed by atoms with Gasteiger partial charge in [-0.05, 0) is 17.2 Å². The van der Waals surface area contributed by atoms with Gasteiger partial charge in [0.15, 0.2) is 0 Å². The molecule has 0 heterocycles. The Morgan fingerprint density at radius 2 is 2.13 bits per heavy atom. The largest absolute Gasteiger partial charge is 0.481 e. The molecule has 78 valence electrons. The molecule has 1 N–H and O–H groups in total. The first-order valence-corrected chi connectivity index (χ1v) is 4.99. The van der Waals surface area contributed by atoms with Gasteiger partial charge in [-0.3, -0.25) is 4.79 Å². The lowest BCUT2D eigenvalue weighted by atomic mass is 10.0. The minimum atomic E-state index is -0.991. The van der Waals surface area contributed by atoms with Crippen LogP contribution in [0.5, 0.6) is 0 Å². The van der Waals surface area contributed by atoms with Gasteiger partial charge in [-0.1, -0.05) is 17.7 Å². The second-order valence-electron chi connectivity index (χ2n) is 2.92. The Bertz CT molecular complexity index is 438. The number of carboxylic acids is 1. The SMILES string of the molecule is N#Cc1cc(Cl)c(CCl)cc1CC(=O)O. The molecule has 0 aliphatic rings. The van der Waals surface area contributed by atoms with Crippen molar-refractivity contribution in [3.63, 3.8) is 0 Å². The van der Waals surface area contributed by atoms with Crippen molar-refractivity contribution in [2.75, 3.05) is 0 Å². The third kappa shape index (κ3) is 2.85. The van der Waals surface area contributed by atoms with Crippen molar-refractivity contribution in [1.29, 1.82) is 5.26 Å². The summed E-state index contributed by atoms with van der Waals surface area (Å²) in [5, 5.41) is 17.8. The summed E-state index contributed by atoms with van der Waals surface area (Å²) in [7, 11) is 0. The molecule has 0 amide bonds. The summed E-state index contributed by atoms with van der Waals surface area (Å²) in [5.41, 5.74) is 1.34. The van der Waals surface area contributed by atoms with Crippen LogP contribution < -0.4 is 0 Å². The number of aliphatic carboxylic acids is 1. The summed E-state index contributed by atoms with van der Waals surface area (Å²) in [4.78, 5) is 10.5. The minimum absolute atomic E-state index is 0.192. The summed E-state index contributed by atoms with van der Waals surface area (Å²) < 4.78 is 0. The molecule has 0 aromatic heterocycles. The van der Waals surface area contributed by atoms with Gasteiger partial charge in [-0.2, -0.15) is 5.26 Å². The van der Waals surface area contributed by atoms with E-state index < -0.39 is 5.97 Å². The number of carbonyl (C=O) groups is 1. The first-order chi connectivity index (χ1) is 7.08. The van der Waals surface area contributed by atoms with Crippen LogP contribution in [0.3, 0.4) is 0 Å². The van der Waals surface area contributed by atoms with Gasteiger partial charge >= 0.3 is 5.97 Å². The predicted molar refractivity (Wildman–Crippen MR) is 57.1 cm³/mol. The smallest absolute Gasteiger partial charge is 0.307 e. The van der Waals surface area contributed by atoms with E-state index in [2.05, 4.69) is 0 Å². The lowest BCUT2D eigenvalue weighted by Crippen LogP contribution is -2.03. The molecule has 15 heavy (non-hydrogen) atoms. The first kappa shape index (κ1) is 11.8. The summed E-state index contributed by atoms with van der Waals surface area (Å²) >= 11 is 11.5. The molecule has 0 aliphatic heterocycles. The Balaban J connectivity index is 3.24. The standard InChI is InChI=1S/C10H7Cl2NO2/c11-4-7-1-6(3-10(14)15)8(5-13)2-9(7)12/h1-2H,3-4H2,(H,14,15). The van der Waals surface area contributed by atoms with Crippen molar-refractivity contribution in [3.05, 3.63) is 33.8 Å². The topological polar surface area (TPSA) is 61.1 Å². The molecule has 0 spiro atoms. The fourth-order valence-corrected chi connectivity index (χ4v) is 1.70. The van der Waals surface area contributed by atoms with E-state index in [0.717, 1.165) is 0 Å². The highest BCUT2D eigenvalue weighted by Crippen LogP contribution is 2.23. The highest BCUT2D eigenvalue weighted by Gasteiger charge is 2.10. The molecule has 0 unspecified atom stereocenters. The number of hydrogen-bond donors (Lipinski definition) is 1. The quantitative estimate of drug-likeness (QED) is 0.831. The van der Waals surface area contributed by atoms with Gasteiger partial charge in [0.25, 0.3) is 0 Å². The van der Waals surface area contributed by atoms with E-state index in [4.69, 9.17) is 33.6 Å². The van der Waals surface area contributed by atoms with Gasteiger partial charge in [0.05, 0.1) is 18.1 Å². The number of rotatable bonds is 3. The number of benzene rings is 1. The molecule has 1 aromatic carbocycles. The van der Waals surface area contributed by atoms with Crippen LogP contribution in [0.1, 0.15) is 16.7 Å². The Morgan fingerprint density at radius 3 is 2.60 bits per heavy atom. The van der Waals surface area contributed by atoms with Crippen molar-refractivity contribution in [2.24, 2.45) is 0 Å². The first-order valence-electron chi connectivity index (χ1n) is 4.07. The maximum atomic E-state index is 10.5. The number of halogens is 2. The van der Waals surface area contributed by atoms with Crippen molar-refractivity contribution in [3.8, 4) is 6.07 Å². The van der Waals surface area contributed by atoms with Gasteiger partial charge in [0.2, 0.25) is 0 Å². The Morgan fingerprint density at radius 1 is 1.47 bits per heavy atom. The van der Waals surface area contributed by atoms with E-state index >= 15 is 0 Å². The van der Waals surface area contributed by atoms with E-state index in [-0.39, 0.29) is 17.9 Å². The normalized spacial score (nSPS) is 9.67. The molecule has 5 heteroatoms. The minimum Gasteiger partial charge on any atom is -0.481 e. The molecule has 0 radical (unpaired) electrons. The fraction of sp³-hybridized carbons (Fsp3) is 0.200. The number of nitrogens with zero attached hydrogens (tertiary/aromatic N) is 1. The molecule has 0 saturated carbocycles. The molecule has 0 aliphatic carbocycles. The third-order valence-electron chi connectivity index (χ3n) is 1.88. The van der Waals surface area contributed by atoms with Crippen molar-refractivity contribution in [2.45, 2.75) is 12.3 Å². The lowest BCUT2D eigenvalue weighted by molar-refractivity contribution is -0.136. The van der Waals surface area contributed by atoms with Gasteiger partial charge in [0, 0.05) is 10.9 Å². The number of alkyl halides is 1. The van der Waals surface area contributed by atoms with Crippen molar-refractivity contribution in [1.82, 2.24) is 0 Å². The van der Waals surface area contributed by atoms with Crippen molar-refractivity contribution < 1.29 is 9.90 Å². The highest BCUT2D eigenvalue weighted by molar-refractivity contribution is 6.32. The van der Waals surface area contributed by atoms with Crippen LogP contribution in [-0.2, 0) is 17.1 Å². The third-order valence-corrected chi connectivity index (χ3v) is 2.52. The summed E-state index contributed by atoms with van der Waals surface area (Å²) in [6.07, 6.45) is -0.204. The molecular formula is C10H7Cl2NO2. The maximum absolute atomic E-state index is 10.5. The van der Waals surface area contributed by atoms with Crippen LogP contribution in [0.15, 0.2) is 12.1 Å². The van der Waals surface area contributed by atoms with Crippen LogP contribution in [0, 0.1) is 11.3 Å². The van der Waals surface area contributed by atoms with Gasteiger partial charge in [-0.15, -0.1) is 11.6 Å². The predicted octanol–water partition coefficient (Wildman–Crippen LogP) is 2.58. The second-order valence-corrected chi connectivity index (χ2v) is 3.59. The molecule has 3 nitrogen and oxygen atoms in total. The molecule has 0 saturated heterocycles. The van der Waals surface area contributed by atoms with Gasteiger partial charge in [-0.25, -0.2) is 0 Å². The average Bonchev–Trinajstić information content (AvgIpc) is 2.19. The summed E-state index contributed by atoms with van der Waals surface area (Å²) in [5.74, 6) is -0.800. The zero-order valence-electron chi connectivity index (χ0n) is 7.63. The maximum Gasteiger partial charge on any atom is 0.307 e. The Labute approximate surface area is 96.8 Å². The van der Waals surface area contributed by atoms with Crippen LogP contribution >= 0.6 is 23.2 Å². The monoisotopic (exact) mass is 243 g/mol. The van der Waals surface area contributed by atoms with E-state index in [9.17, 15) is 4.79 Å². The van der Waals surface area contributed by atoms with Gasteiger partial charge in [0.1, 0.15) is 0 Å². The van der Waals surface area contributed by atoms with E-state index in [1.54, 1.807) is 6.07 Å². The fourth-order valence-electron chi connectivity index (χ4n) is 1.18. The molecule has 1 rings (SSSR count). The summed E-state index contributed by atoms with van der Waals surface area (Å²) in [6, 6.07) is 4.90. The molecule has 1 aromatic rings. The zero-order chi connectivity index (χ0) is 11.4. The molecule has 0 fully saturated rings. The number of nitriles is 1. The number of carboxylic acid groups (broad SMARTS) is 1. The Hall–Kier alpha value is -1.24. The van der Waals surface area contributed by atoms with Crippen LogP contribution in [-0.4, -0.2) is 11.1 Å². The second kappa shape index (κ2) is 5.01. The van der Waals surface area contributed by atoms with E-state index in [1.165, 1.54) is 6.07 Å². The molecule has 0 atom stereocenters. The molecular weight excluding hydrogens is 237 g/mol. The zero-order valence-corrected chi connectivity index (χ0v) is 9.14. The summed E-state index contributed by atoms with van der Waals surface area (Å²) in [6.45, 7) is 0. The van der Waals surface area contributed by atoms with Crippen LogP contribution in [0.4, 0.5) is 0 Å². The van der Waals surface area contributed by atoms with Crippen molar-refractivity contribution >= 4 is 29.2 Å². The average molecular weight is 244 g/mol. The lowest BCUT2D eigenvalue weighted by Gasteiger charge is -2.05. The van der Waals surface area contributed by atoms with Gasteiger partial charge < -0.3 is 5.11 Å². The van der Waals surface area contributed by atoms with Crippen LogP contribution in [0.25, 0.3) is 0 Å². The van der Waals surface area contributed by atoms with E-state index in [1.807, 2.05) is 6.07 Å².